The summed E-state index contributed by atoms with van der Waals surface area (Å²) >= 11 is 5.80. The molecule has 0 N–H and O–H groups in total. The van der Waals surface area contributed by atoms with E-state index in [4.69, 9.17) is 21.1 Å². The number of ether oxygens (including phenoxy) is 2. The van der Waals surface area contributed by atoms with Gasteiger partial charge in [-0.05, 0) is 35.9 Å². The highest BCUT2D eigenvalue weighted by Gasteiger charge is 2.24. The summed E-state index contributed by atoms with van der Waals surface area (Å²) < 4.78 is 36.1. The molecule has 0 fully saturated rings. The number of nitrogens with zero attached hydrogens (tertiary/aromatic N) is 1. The number of halogens is 1. The Morgan fingerprint density at radius 3 is 2.32 bits per heavy atom. The van der Waals surface area contributed by atoms with Crippen LogP contribution in [0.1, 0.15) is 15.9 Å². The zero-order chi connectivity index (χ0) is 18.6. The van der Waals surface area contributed by atoms with Gasteiger partial charge in [-0.3, -0.25) is 0 Å². The van der Waals surface area contributed by atoms with Gasteiger partial charge < -0.3 is 9.47 Å². The van der Waals surface area contributed by atoms with E-state index in [1.54, 1.807) is 24.3 Å². The normalized spacial score (nSPS) is 11.4. The fourth-order valence-electron chi connectivity index (χ4n) is 2.01. The second-order valence-electron chi connectivity index (χ2n) is 5.36. The summed E-state index contributed by atoms with van der Waals surface area (Å²) in [6.45, 7) is 0.0534. The molecular weight excluding hydrogens is 366 g/mol. The Bertz CT molecular complexity index is 863. The van der Waals surface area contributed by atoms with Crippen LogP contribution in [0.3, 0.4) is 0 Å². The summed E-state index contributed by atoms with van der Waals surface area (Å²) in [7, 11) is 0.408. The standard InChI is InChI=1S/C17H18ClNO5S/c1-19(2)25(21,22)16-10-13(6-9-15(16)23-3)17(20)24-11-12-4-7-14(18)8-5-12/h4-10H,11H2,1-3H3. The van der Waals surface area contributed by atoms with E-state index in [0.29, 0.717) is 5.02 Å². The van der Waals surface area contributed by atoms with Gasteiger partial charge in [0.25, 0.3) is 0 Å². The Hall–Kier alpha value is -2.09. The number of rotatable bonds is 6. The Morgan fingerprint density at radius 1 is 1.12 bits per heavy atom. The van der Waals surface area contributed by atoms with Crippen molar-refractivity contribution in [1.82, 2.24) is 4.31 Å². The summed E-state index contributed by atoms with van der Waals surface area (Å²) in [4.78, 5) is 12.1. The fraction of sp³-hybridized carbons (Fsp3) is 0.235. The van der Waals surface area contributed by atoms with Crippen molar-refractivity contribution in [3.8, 4) is 5.75 Å². The quantitative estimate of drug-likeness (QED) is 0.717. The van der Waals surface area contributed by atoms with E-state index in [0.717, 1.165) is 9.87 Å². The SMILES string of the molecule is COc1ccc(C(=O)OCc2ccc(Cl)cc2)cc1S(=O)(=O)N(C)C. The Labute approximate surface area is 152 Å². The van der Waals surface area contributed by atoms with E-state index in [1.165, 1.54) is 39.4 Å². The van der Waals surface area contributed by atoms with Crippen molar-refractivity contribution in [2.45, 2.75) is 11.5 Å². The largest absolute Gasteiger partial charge is 0.495 e. The third kappa shape index (κ3) is 4.50. The van der Waals surface area contributed by atoms with Gasteiger partial charge in [0.15, 0.2) is 0 Å². The van der Waals surface area contributed by atoms with Crippen molar-refractivity contribution in [3.05, 3.63) is 58.6 Å². The lowest BCUT2D eigenvalue weighted by Gasteiger charge is -2.15. The van der Waals surface area contributed by atoms with Gasteiger partial charge in [0.2, 0.25) is 10.0 Å². The molecule has 0 aliphatic rings. The molecule has 0 unspecified atom stereocenters. The van der Waals surface area contributed by atoms with E-state index in [1.807, 2.05) is 0 Å². The molecule has 2 aromatic rings. The minimum atomic E-state index is -3.76. The van der Waals surface area contributed by atoms with Crippen molar-refractivity contribution < 1.29 is 22.7 Å². The third-order valence-electron chi connectivity index (χ3n) is 3.44. The Kier molecular flexibility index (Phi) is 6.05. The van der Waals surface area contributed by atoms with E-state index < -0.39 is 16.0 Å². The zero-order valence-electron chi connectivity index (χ0n) is 14.0. The minimum absolute atomic E-state index is 0.0534. The highest BCUT2D eigenvalue weighted by molar-refractivity contribution is 7.89. The minimum Gasteiger partial charge on any atom is -0.495 e. The van der Waals surface area contributed by atoms with E-state index in [9.17, 15) is 13.2 Å². The van der Waals surface area contributed by atoms with E-state index in [-0.39, 0.29) is 22.8 Å². The lowest BCUT2D eigenvalue weighted by Crippen LogP contribution is -2.23. The summed E-state index contributed by atoms with van der Waals surface area (Å²) in [5.74, 6) is -0.476. The van der Waals surface area contributed by atoms with Crippen LogP contribution in [0.5, 0.6) is 5.75 Å². The molecule has 2 aromatic carbocycles. The highest BCUT2D eigenvalue weighted by Crippen LogP contribution is 2.27. The van der Waals surface area contributed by atoms with Gasteiger partial charge in [-0.15, -0.1) is 0 Å². The van der Waals surface area contributed by atoms with Crippen LogP contribution in [-0.2, 0) is 21.4 Å². The topological polar surface area (TPSA) is 72.9 Å². The first kappa shape index (κ1) is 19.2. The fourth-order valence-corrected chi connectivity index (χ4v) is 3.22. The van der Waals surface area contributed by atoms with Crippen LogP contribution in [0.4, 0.5) is 0 Å². The van der Waals surface area contributed by atoms with Gasteiger partial charge in [0.1, 0.15) is 17.3 Å². The average molecular weight is 384 g/mol. The lowest BCUT2D eigenvalue weighted by atomic mass is 10.2. The molecule has 0 saturated carbocycles. The van der Waals surface area contributed by atoms with Crippen LogP contribution in [0, 0.1) is 0 Å². The Morgan fingerprint density at radius 2 is 1.76 bits per heavy atom. The van der Waals surface area contributed by atoms with Crippen molar-refractivity contribution in [1.29, 1.82) is 0 Å². The number of methoxy groups -OCH3 is 1. The second-order valence-corrected chi connectivity index (χ2v) is 7.91. The molecule has 0 saturated heterocycles. The van der Waals surface area contributed by atoms with Crippen LogP contribution < -0.4 is 4.74 Å². The molecule has 0 heterocycles. The lowest BCUT2D eigenvalue weighted by molar-refractivity contribution is 0.0472. The van der Waals surface area contributed by atoms with Gasteiger partial charge >= 0.3 is 5.97 Å². The van der Waals surface area contributed by atoms with Crippen LogP contribution in [0.2, 0.25) is 5.02 Å². The van der Waals surface area contributed by atoms with Crippen LogP contribution in [-0.4, -0.2) is 39.9 Å². The predicted octanol–water partition coefficient (Wildman–Crippen LogP) is 2.96. The maximum absolute atomic E-state index is 12.4. The van der Waals surface area contributed by atoms with Crippen molar-refractivity contribution in [3.63, 3.8) is 0 Å². The van der Waals surface area contributed by atoms with Gasteiger partial charge in [0.05, 0.1) is 12.7 Å². The molecule has 0 bridgehead atoms. The predicted molar refractivity (Wildman–Crippen MR) is 94.4 cm³/mol. The number of sulfonamides is 1. The molecule has 6 nitrogen and oxygen atoms in total. The molecule has 25 heavy (non-hydrogen) atoms. The maximum Gasteiger partial charge on any atom is 0.338 e. The first-order chi connectivity index (χ1) is 11.8. The van der Waals surface area contributed by atoms with Gasteiger partial charge in [-0.1, -0.05) is 23.7 Å². The first-order valence-corrected chi connectivity index (χ1v) is 9.09. The molecule has 2 rings (SSSR count). The molecule has 0 spiro atoms. The van der Waals surface area contributed by atoms with Crippen molar-refractivity contribution in [2.24, 2.45) is 0 Å². The monoisotopic (exact) mass is 383 g/mol. The second kappa shape index (κ2) is 7.86. The van der Waals surface area contributed by atoms with Crippen LogP contribution in [0.15, 0.2) is 47.4 Å². The molecule has 134 valence electrons. The van der Waals surface area contributed by atoms with Crippen molar-refractivity contribution >= 4 is 27.6 Å². The number of hydrogen-bond donors (Lipinski definition) is 0. The average Bonchev–Trinajstić information content (AvgIpc) is 2.60. The number of carbonyl (C=O) groups excluding carboxylic acids is 1. The molecule has 0 radical (unpaired) electrons. The highest BCUT2D eigenvalue weighted by atomic mass is 35.5. The van der Waals surface area contributed by atoms with Crippen LogP contribution in [0.25, 0.3) is 0 Å². The van der Waals surface area contributed by atoms with Gasteiger partial charge in [-0.25, -0.2) is 17.5 Å². The Balaban J connectivity index is 2.24. The van der Waals surface area contributed by atoms with Crippen LogP contribution >= 0.6 is 11.6 Å². The summed E-state index contributed by atoms with van der Waals surface area (Å²) in [6.07, 6.45) is 0. The van der Waals surface area contributed by atoms with Crippen molar-refractivity contribution in [2.75, 3.05) is 21.2 Å². The number of hydrogen-bond acceptors (Lipinski definition) is 5. The van der Waals surface area contributed by atoms with E-state index >= 15 is 0 Å². The van der Waals surface area contributed by atoms with Gasteiger partial charge in [0, 0.05) is 19.1 Å². The number of carbonyl (C=O) groups is 1. The number of esters is 1. The molecule has 8 heteroatoms. The molecule has 0 amide bonds. The van der Waals surface area contributed by atoms with Gasteiger partial charge in [-0.2, -0.15) is 0 Å². The molecule has 0 atom stereocenters. The van der Waals surface area contributed by atoms with E-state index in [2.05, 4.69) is 0 Å². The molecule has 0 aliphatic heterocycles. The smallest absolute Gasteiger partial charge is 0.338 e. The first-order valence-electron chi connectivity index (χ1n) is 7.28. The third-order valence-corrected chi connectivity index (χ3v) is 5.53. The number of benzene rings is 2. The summed E-state index contributed by atoms with van der Waals surface area (Å²) in [5, 5.41) is 0.587. The summed E-state index contributed by atoms with van der Waals surface area (Å²) in [6, 6.07) is 11.0. The zero-order valence-corrected chi connectivity index (χ0v) is 15.6. The summed E-state index contributed by atoms with van der Waals surface area (Å²) in [5.41, 5.74) is 0.891. The maximum atomic E-state index is 12.4. The molecule has 0 aliphatic carbocycles. The molecule has 0 aromatic heterocycles. The molecular formula is C17H18ClNO5S.